The van der Waals surface area contributed by atoms with Crippen LogP contribution in [-0.2, 0) is 4.74 Å². The molecule has 0 aliphatic heterocycles. The summed E-state index contributed by atoms with van der Waals surface area (Å²) >= 11 is 0. The lowest BCUT2D eigenvalue weighted by Crippen LogP contribution is -2.33. The van der Waals surface area contributed by atoms with Crippen molar-refractivity contribution in [3.8, 4) is 0 Å². The van der Waals surface area contributed by atoms with E-state index in [-0.39, 0.29) is 23.3 Å². The first-order chi connectivity index (χ1) is 9.13. The third-order valence-corrected chi connectivity index (χ3v) is 2.86. The molecule has 1 unspecified atom stereocenters. The first-order valence-corrected chi connectivity index (χ1v) is 5.92. The number of carbonyl (C=O) groups is 1. The van der Waals surface area contributed by atoms with Crippen LogP contribution in [0.4, 0.5) is 0 Å². The number of fused-ring (bicyclic) bond motifs is 1. The largest absolute Gasteiger partial charge is 0.380 e. The highest BCUT2D eigenvalue weighted by Crippen LogP contribution is 2.11. The van der Waals surface area contributed by atoms with Crippen LogP contribution < -0.4 is 10.9 Å². The van der Waals surface area contributed by atoms with E-state index < -0.39 is 0 Å². The molecule has 1 amide bonds. The normalized spacial score (nSPS) is 12.3. The first-order valence-electron chi connectivity index (χ1n) is 5.92. The highest BCUT2D eigenvalue weighted by molar-refractivity contribution is 6.04. The standard InChI is InChI=1S/C13H15N3O3/c1-8(19-2)7-14-13(18)11-9-5-3-4-6-10(9)12(17)16-15-11/h3-6,8H,7H2,1-2H3,(H,14,18)(H,16,17). The van der Waals surface area contributed by atoms with Gasteiger partial charge in [-0.15, -0.1) is 0 Å². The number of hydrogen-bond donors (Lipinski definition) is 2. The number of benzene rings is 1. The van der Waals surface area contributed by atoms with E-state index >= 15 is 0 Å². The van der Waals surface area contributed by atoms with Gasteiger partial charge in [0, 0.05) is 19.0 Å². The van der Waals surface area contributed by atoms with Crippen molar-refractivity contribution >= 4 is 16.7 Å². The summed E-state index contributed by atoms with van der Waals surface area (Å²) in [5.41, 5.74) is -0.101. The molecule has 0 radical (unpaired) electrons. The first kappa shape index (κ1) is 13.2. The van der Waals surface area contributed by atoms with E-state index in [4.69, 9.17) is 4.74 Å². The molecule has 0 spiro atoms. The number of carbonyl (C=O) groups excluding carboxylic acids is 1. The van der Waals surface area contributed by atoms with Gasteiger partial charge in [-0.05, 0) is 13.0 Å². The van der Waals surface area contributed by atoms with Gasteiger partial charge in [-0.1, -0.05) is 18.2 Å². The van der Waals surface area contributed by atoms with Gasteiger partial charge in [-0.3, -0.25) is 9.59 Å². The Morgan fingerprint density at radius 1 is 1.42 bits per heavy atom. The van der Waals surface area contributed by atoms with Crippen molar-refractivity contribution in [2.75, 3.05) is 13.7 Å². The Balaban J connectivity index is 2.33. The number of hydrogen-bond acceptors (Lipinski definition) is 4. The minimum Gasteiger partial charge on any atom is -0.380 e. The number of methoxy groups -OCH3 is 1. The molecule has 1 aromatic carbocycles. The maximum Gasteiger partial charge on any atom is 0.272 e. The van der Waals surface area contributed by atoms with Gasteiger partial charge in [-0.2, -0.15) is 5.10 Å². The molecule has 6 nitrogen and oxygen atoms in total. The van der Waals surface area contributed by atoms with E-state index in [0.717, 1.165) is 0 Å². The zero-order valence-corrected chi connectivity index (χ0v) is 10.8. The van der Waals surface area contributed by atoms with Crippen LogP contribution in [0, 0.1) is 0 Å². The topological polar surface area (TPSA) is 84.1 Å². The fraction of sp³-hybridized carbons (Fsp3) is 0.308. The Labute approximate surface area is 109 Å². The zero-order chi connectivity index (χ0) is 13.8. The molecule has 100 valence electrons. The third kappa shape index (κ3) is 2.79. The summed E-state index contributed by atoms with van der Waals surface area (Å²) in [4.78, 5) is 23.6. The molecule has 1 aromatic heterocycles. The number of H-pyrrole nitrogens is 1. The van der Waals surface area contributed by atoms with Gasteiger partial charge >= 0.3 is 0 Å². The van der Waals surface area contributed by atoms with Gasteiger partial charge < -0.3 is 10.1 Å². The second-order valence-electron chi connectivity index (χ2n) is 4.20. The molecule has 2 aromatic rings. The predicted octanol–water partition coefficient (Wildman–Crippen LogP) is 0.688. The van der Waals surface area contributed by atoms with Crippen molar-refractivity contribution in [1.29, 1.82) is 0 Å². The van der Waals surface area contributed by atoms with Crippen molar-refractivity contribution < 1.29 is 9.53 Å². The van der Waals surface area contributed by atoms with Crippen LogP contribution in [0.5, 0.6) is 0 Å². The van der Waals surface area contributed by atoms with Crippen LogP contribution in [0.15, 0.2) is 29.1 Å². The van der Waals surface area contributed by atoms with Crippen molar-refractivity contribution in [1.82, 2.24) is 15.5 Å². The van der Waals surface area contributed by atoms with Gasteiger partial charge in [-0.25, -0.2) is 5.10 Å². The van der Waals surface area contributed by atoms with E-state index in [1.807, 2.05) is 6.92 Å². The number of nitrogens with one attached hydrogen (secondary N) is 2. The van der Waals surface area contributed by atoms with E-state index in [0.29, 0.717) is 17.3 Å². The molecule has 1 heterocycles. The SMILES string of the molecule is COC(C)CNC(=O)c1n[nH]c(=O)c2ccccc12. The minimum atomic E-state index is -0.337. The van der Waals surface area contributed by atoms with Crippen molar-refractivity contribution in [3.63, 3.8) is 0 Å². The fourth-order valence-corrected chi connectivity index (χ4v) is 1.69. The quantitative estimate of drug-likeness (QED) is 0.848. The molecule has 0 bridgehead atoms. The lowest BCUT2D eigenvalue weighted by Gasteiger charge is -2.11. The maximum absolute atomic E-state index is 12.0. The summed E-state index contributed by atoms with van der Waals surface area (Å²) in [6, 6.07) is 6.86. The molecule has 2 N–H and O–H groups in total. The van der Waals surface area contributed by atoms with Crippen molar-refractivity contribution in [2.45, 2.75) is 13.0 Å². The summed E-state index contributed by atoms with van der Waals surface area (Å²) < 4.78 is 5.05. The molecule has 0 aliphatic carbocycles. The van der Waals surface area contributed by atoms with E-state index in [1.54, 1.807) is 31.4 Å². The van der Waals surface area contributed by atoms with Gasteiger partial charge in [0.1, 0.15) is 0 Å². The Morgan fingerprint density at radius 2 is 2.11 bits per heavy atom. The summed E-state index contributed by atoms with van der Waals surface area (Å²) in [6.07, 6.45) is -0.0852. The van der Waals surface area contributed by atoms with Gasteiger partial charge in [0.05, 0.1) is 11.5 Å². The molecule has 0 fully saturated rings. The maximum atomic E-state index is 12.0. The van der Waals surface area contributed by atoms with E-state index in [2.05, 4.69) is 15.5 Å². The number of aromatic amines is 1. The summed E-state index contributed by atoms with van der Waals surface area (Å²) in [5.74, 6) is -0.337. The van der Waals surface area contributed by atoms with Crippen LogP contribution in [0.25, 0.3) is 10.8 Å². The number of ether oxygens (including phenoxy) is 1. The third-order valence-electron chi connectivity index (χ3n) is 2.86. The minimum absolute atomic E-state index is 0.0852. The smallest absolute Gasteiger partial charge is 0.272 e. The fourth-order valence-electron chi connectivity index (χ4n) is 1.69. The molecular weight excluding hydrogens is 246 g/mol. The zero-order valence-electron chi connectivity index (χ0n) is 10.8. The summed E-state index contributed by atoms with van der Waals surface area (Å²) in [5, 5.41) is 9.84. The highest BCUT2D eigenvalue weighted by atomic mass is 16.5. The number of aromatic nitrogens is 2. The Morgan fingerprint density at radius 3 is 2.79 bits per heavy atom. The molecule has 1 atom stereocenters. The predicted molar refractivity (Wildman–Crippen MR) is 71.2 cm³/mol. The van der Waals surface area contributed by atoms with E-state index in [1.165, 1.54) is 0 Å². The Kier molecular flexibility index (Phi) is 3.91. The molecule has 6 heteroatoms. The second kappa shape index (κ2) is 5.62. The van der Waals surface area contributed by atoms with Gasteiger partial charge in [0.25, 0.3) is 11.5 Å². The number of rotatable bonds is 4. The second-order valence-corrected chi connectivity index (χ2v) is 4.20. The molecule has 2 rings (SSSR count). The molecule has 0 aliphatic rings. The van der Waals surface area contributed by atoms with Crippen molar-refractivity contribution in [3.05, 3.63) is 40.3 Å². The highest BCUT2D eigenvalue weighted by Gasteiger charge is 2.14. The molecular formula is C13H15N3O3. The van der Waals surface area contributed by atoms with Crippen LogP contribution >= 0.6 is 0 Å². The Hall–Kier alpha value is -2.21. The lowest BCUT2D eigenvalue weighted by molar-refractivity contribution is 0.0867. The van der Waals surface area contributed by atoms with Crippen LogP contribution in [0.1, 0.15) is 17.4 Å². The molecule has 0 saturated heterocycles. The Bertz CT molecular complexity index is 651. The van der Waals surface area contributed by atoms with Gasteiger partial charge in [0.2, 0.25) is 0 Å². The van der Waals surface area contributed by atoms with E-state index in [9.17, 15) is 9.59 Å². The van der Waals surface area contributed by atoms with Crippen LogP contribution in [-0.4, -0.2) is 35.9 Å². The summed E-state index contributed by atoms with van der Waals surface area (Å²) in [6.45, 7) is 2.23. The number of amides is 1. The monoisotopic (exact) mass is 261 g/mol. The molecule has 0 saturated carbocycles. The average molecular weight is 261 g/mol. The van der Waals surface area contributed by atoms with Crippen LogP contribution in [0.3, 0.4) is 0 Å². The number of nitrogens with zero attached hydrogens (tertiary/aromatic N) is 1. The van der Waals surface area contributed by atoms with Crippen LogP contribution in [0.2, 0.25) is 0 Å². The summed E-state index contributed by atoms with van der Waals surface area (Å²) in [7, 11) is 1.57. The molecule has 19 heavy (non-hydrogen) atoms. The average Bonchev–Trinajstić information content (AvgIpc) is 2.45. The lowest BCUT2D eigenvalue weighted by atomic mass is 10.1. The van der Waals surface area contributed by atoms with Crippen molar-refractivity contribution in [2.24, 2.45) is 0 Å². The van der Waals surface area contributed by atoms with Gasteiger partial charge in [0.15, 0.2) is 5.69 Å².